The van der Waals surface area contributed by atoms with Crippen LogP contribution < -0.4 is 15.4 Å². The molecule has 46 heavy (non-hydrogen) atoms. The molecule has 1 unspecified atom stereocenters. The van der Waals surface area contributed by atoms with Crippen LogP contribution in [0.5, 0.6) is 6.01 Å². The summed E-state index contributed by atoms with van der Waals surface area (Å²) in [4.78, 5) is 40.7. The summed E-state index contributed by atoms with van der Waals surface area (Å²) in [5.41, 5.74) is 7.01. The third kappa shape index (κ3) is 6.13. The van der Waals surface area contributed by atoms with Crippen LogP contribution in [0.4, 0.5) is 17.5 Å². The van der Waals surface area contributed by atoms with E-state index < -0.39 is 0 Å². The molecule has 3 N–H and O–H groups in total. The highest BCUT2D eigenvalue weighted by atomic mass is 16.5. The Kier molecular flexibility index (Phi) is 7.81. The molecule has 1 saturated heterocycles. The summed E-state index contributed by atoms with van der Waals surface area (Å²) in [7, 11) is 1.89. The highest BCUT2D eigenvalue weighted by Crippen LogP contribution is 2.33. The van der Waals surface area contributed by atoms with Crippen LogP contribution in [-0.4, -0.2) is 76.2 Å². The third-order valence-corrected chi connectivity index (χ3v) is 8.06. The molecule has 6 heterocycles. The predicted molar refractivity (Wildman–Crippen MR) is 175 cm³/mol. The second kappa shape index (κ2) is 12.4. The molecule has 1 aliphatic rings. The van der Waals surface area contributed by atoms with Crippen molar-refractivity contribution in [2.24, 2.45) is 7.05 Å². The molecule has 1 aliphatic heterocycles. The van der Waals surface area contributed by atoms with Crippen LogP contribution in [0.2, 0.25) is 0 Å². The van der Waals surface area contributed by atoms with Crippen molar-refractivity contribution in [3.8, 4) is 28.4 Å². The number of aromatic amines is 1. The first-order chi connectivity index (χ1) is 22.4. The van der Waals surface area contributed by atoms with Crippen LogP contribution in [-0.2, 0) is 11.8 Å². The Bertz CT molecular complexity index is 1980. The molecule has 1 fully saturated rings. The zero-order chi connectivity index (χ0) is 31.6. The Labute approximate surface area is 265 Å². The molecule has 0 spiro atoms. The van der Waals surface area contributed by atoms with E-state index >= 15 is 0 Å². The third-order valence-electron chi connectivity index (χ3n) is 8.06. The van der Waals surface area contributed by atoms with Crippen molar-refractivity contribution < 1.29 is 9.53 Å². The van der Waals surface area contributed by atoms with Gasteiger partial charge in [0.2, 0.25) is 11.9 Å². The minimum atomic E-state index is -0.100. The first-order valence-electron chi connectivity index (χ1n) is 15.0. The molecule has 6 aromatic rings. The summed E-state index contributed by atoms with van der Waals surface area (Å²) in [5, 5.41) is 11.7. The number of hydrogen-bond donors (Lipinski definition) is 3. The number of carbonyl (C=O) groups excluding carboxylic acids is 1. The van der Waals surface area contributed by atoms with Gasteiger partial charge in [0, 0.05) is 91.2 Å². The van der Waals surface area contributed by atoms with Gasteiger partial charge in [0.05, 0.1) is 23.4 Å². The van der Waals surface area contributed by atoms with E-state index in [9.17, 15) is 4.79 Å². The van der Waals surface area contributed by atoms with Gasteiger partial charge in [-0.2, -0.15) is 5.10 Å². The van der Waals surface area contributed by atoms with E-state index in [1.54, 1.807) is 35.7 Å². The van der Waals surface area contributed by atoms with Crippen LogP contribution >= 0.6 is 0 Å². The fourth-order valence-electron chi connectivity index (χ4n) is 5.60. The van der Waals surface area contributed by atoms with Crippen molar-refractivity contribution in [1.29, 1.82) is 0 Å². The molecule has 0 aliphatic carbocycles. The molecule has 5 aromatic heterocycles. The van der Waals surface area contributed by atoms with E-state index in [1.165, 1.54) is 0 Å². The molecule has 0 radical (unpaired) electrons. The molecular weight excluding hydrogens is 582 g/mol. The Morgan fingerprint density at radius 2 is 1.93 bits per heavy atom. The summed E-state index contributed by atoms with van der Waals surface area (Å²) < 4.78 is 7.81. The number of benzene rings is 1. The average Bonchev–Trinajstić information content (AvgIpc) is 3.77. The summed E-state index contributed by atoms with van der Waals surface area (Å²) >= 11 is 0. The van der Waals surface area contributed by atoms with Gasteiger partial charge in [-0.25, -0.2) is 19.9 Å². The standard InChI is InChI=1S/C33H33N11O2/c1-20-13-36-32(40-28-12-21(2)43(3)42-28)41-30(20)26-17-35-31-25(26)7-4-8-27(31)39-29(45)19-44-11-9-24(18-44)46-33-37-15-23(16-38-33)22-6-5-10-34-14-22/h4-8,10,12-17,24,35H,9,11,18-19H2,1-3H3,(H,39,45)(H,36,40,41,42). The number of nitrogens with zero attached hydrogens (tertiary/aromatic N) is 8. The number of aromatic nitrogens is 8. The van der Waals surface area contributed by atoms with Crippen LogP contribution in [0.25, 0.3) is 33.3 Å². The van der Waals surface area contributed by atoms with Gasteiger partial charge in [0.1, 0.15) is 6.10 Å². The maximum absolute atomic E-state index is 13.2. The van der Waals surface area contributed by atoms with E-state index in [-0.39, 0.29) is 18.6 Å². The number of carbonyl (C=O) groups is 1. The van der Waals surface area contributed by atoms with Crippen molar-refractivity contribution in [3.05, 3.63) is 84.8 Å². The lowest BCUT2D eigenvalue weighted by Gasteiger charge is -2.16. The lowest BCUT2D eigenvalue weighted by atomic mass is 10.1. The zero-order valence-corrected chi connectivity index (χ0v) is 25.7. The summed E-state index contributed by atoms with van der Waals surface area (Å²) in [6, 6.07) is 11.9. The molecule has 13 heteroatoms. The first-order valence-corrected chi connectivity index (χ1v) is 15.0. The van der Waals surface area contributed by atoms with Gasteiger partial charge in [0.15, 0.2) is 5.82 Å². The molecule has 7 rings (SSSR count). The van der Waals surface area contributed by atoms with E-state index in [2.05, 4.69) is 45.6 Å². The maximum Gasteiger partial charge on any atom is 0.316 e. The van der Waals surface area contributed by atoms with E-state index in [0.717, 1.165) is 57.5 Å². The highest BCUT2D eigenvalue weighted by molar-refractivity contribution is 6.06. The van der Waals surface area contributed by atoms with Gasteiger partial charge in [-0.15, -0.1) is 0 Å². The average molecular weight is 616 g/mol. The van der Waals surface area contributed by atoms with Crippen LogP contribution in [0, 0.1) is 13.8 Å². The molecule has 13 nitrogen and oxygen atoms in total. The van der Waals surface area contributed by atoms with Gasteiger partial charge in [-0.1, -0.05) is 18.2 Å². The highest BCUT2D eigenvalue weighted by Gasteiger charge is 2.26. The summed E-state index contributed by atoms with van der Waals surface area (Å²) in [5.74, 6) is 1.04. The fourth-order valence-corrected chi connectivity index (χ4v) is 5.60. The number of nitrogens with one attached hydrogen (secondary N) is 3. The maximum atomic E-state index is 13.2. The number of pyridine rings is 1. The van der Waals surface area contributed by atoms with Crippen molar-refractivity contribution in [2.45, 2.75) is 26.4 Å². The van der Waals surface area contributed by atoms with Crippen molar-refractivity contribution in [3.63, 3.8) is 0 Å². The number of anilines is 3. The molecule has 1 atom stereocenters. The quantitative estimate of drug-likeness (QED) is 0.209. The monoisotopic (exact) mass is 615 g/mol. The van der Waals surface area contributed by atoms with E-state index in [1.807, 2.05) is 63.5 Å². The summed E-state index contributed by atoms with van der Waals surface area (Å²) in [6.07, 6.45) is 11.4. The second-order valence-corrected chi connectivity index (χ2v) is 11.4. The van der Waals surface area contributed by atoms with Gasteiger partial charge < -0.3 is 20.4 Å². The first kappa shape index (κ1) is 29.0. The van der Waals surface area contributed by atoms with Crippen LogP contribution in [0.3, 0.4) is 0 Å². The molecular formula is C33H33N11O2. The Morgan fingerprint density at radius 1 is 1.07 bits per heavy atom. The van der Waals surface area contributed by atoms with Crippen molar-refractivity contribution in [2.75, 3.05) is 30.3 Å². The smallest absolute Gasteiger partial charge is 0.316 e. The number of H-pyrrole nitrogens is 1. The Morgan fingerprint density at radius 3 is 2.72 bits per heavy atom. The topological polar surface area (TPSA) is 152 Å². The minimum absolute atomic E-state index is 0.0939. The Balaban J connectivity index is 0.989. The molecule has 232 valence electrons. The SMILES string of the molecule is Cc1cnc(Nc2cc(C)n(C)n2)nc1-c1c[nH]c2c(NC(=O)CN3CCC(Oc4ncc(-c5cccnc5)cn4)C3)cccc12. The van der Waals surface area contributed by atoms with Gasteiger partial charge in [-0.3, -0.25) is 19.4 Å². The van der Waals surface area contributed by atoms with Gasteiger partial charge >= 0.3 is 6.01 Å². The molecule has 1 aromatic carbocycles. The number of hydrogen-bond acceptors (Lipinski definition) is 10. The fraction of sp³-hybridized carbons (Fsp3) is 0.242. The predicted octanol–water partition coefficient (Wildman–Crippen LogP) is 4.66. The Hall–Kier alpha value is -5.69. The van der Waals surface area contributed by atoms with Crippen LogP contribution in [0.1, 0.15) is 17.7 Å². The number of amides is 1. The number of para-hydroxylation sites is 1. The van der Waals surface area contributed by atoms with Crippen molar-refractivity contribution in [1.82, 2.24) is 44.6 Å². The summed E-state index contributed by atoms with van der Waals surface area (Å²) in [6.45, 7) is 5.56. The van der Waals surface area contributed by atoms with Crippen LogP contribution in [0.15, 0.2) is 73.6 Å². The van der Waals surface area contributed by atoms with Gasteiger partial charge in [-0.05, 0) is 38.0 Å². The normalized spacial score (nSPS) is 14.9. The van der Waals surface area contributed by atoms with E-state index in [4.69, 9.17) is 9.72 Å². The molecule has 0 bridgehead atoms. The second-order valence-electron chi connectivity index (χ2n) is 11.4. The van der Waals surface area contributed by atoms with E-state index in [0.29, 0.717) is 30.0 Å². The zero-order valence-electron chi connectivity index (χ0n) is 25.7. The largest absolute Gasteiger partial charge is 0.459 e. The molecule has 1 amide bonds. The number of aryl methyl sites for hydroxylation is 3. The number of likely N-dealkylation sites (tertiary alicyclic amines) is 1. The lowest BCUT2D eigenvalue weighted by Crippen LogP contribution is -2.33. The van der Waals surface area contributed by atoms with Crippen molar-refractivity contribution >= 4 is 34.3 Å². The van der Waals surface area contributed by atoms with Gasteiger partial charge in [0.25, 0.3) is 0 Å². The lowest BCUT2D eigenvalue weighted by molar-refractivity contribution is -0.117. The molecule has 0 saturated carbocycles. The number of ether oxygens (including phenoxy) is 1. The number of fused-ring (bicyclic) bond motifs is 1. The number of rotatable bonds is 9. The minimum Gasteiger partial charge on any atom is -0.459 e.